The first kappa shape index (κ1) is 88.1. The number of hydrogen-bond donors (Lipinski definition) is 3. The summed E-state index contributed by atoms with van der Waals surface area (Å²) in [6.45, 7) is 14.0. The lowest BCUT2D eigenvalue weighted by molar-refractivity contribution is -0.161. The molecule has 19 heteroatoms. The van der Waals surface area contributed by atoms with Crippen molar-refractivity contribution in [2.45, 2.75) is 369 Å². The highest BCUT2D eigenvalue weighted by Crippen LogP contribution is 2.45. The third-order valence-electron chi connectivity index (χ3n) is 16.7. The van der Waals surface area contributed by atoms with Crippen molar-refractivity contribution in [3.63, 3.8) is 0 Å². The van der Waals surface area contributed by atoms with Gasteiger partial charge in [-0.05, 0) is 49.4 Å². The Morgan fingerprint density at radius 3 is 0.789 bits per heavy atom. The van der Waals surface area contributed by atoms with Gasteiger partial charge in [0.15, 0.2) is 12.2 Å². The summed E-state index contributed by atoms with van der Waals surface area (Å²) in [5.41, 5.74) is 0. The molecule has 0 radical (unpaired) electrons. The normalized spacial score (nSPS) is 14.6. The van der Waals surface area contributed by atoms with Crippen LogP contribution >= 0.6 is 15.6 Å². The molecule has 0 aromatic carbocycles. The molecule has 0 amide bonds. The molecule has 0 aliphatic rings. The average molecular weight is 1330 g/mol. The summed E-state index contributed by atoms with van der Waals surface area (Å²) < 4.78 is 68.2. The van der Waals surface area contributed by atoms with E-state index in [0.29, 0.717) is 37.5 Å². The quantitative estimate of drug-likeness (QED) is 0.0222. The molecule has 0 aliphatic carbocycles. The fourth-order valence-electron chi connectivity index (χ4n) is 10.6. The first-order chi connectivity index (χ1) is 43.1. The van der Waals surface area contributed by atoms with Gasteiger partial charge in [-0.25, -0.2) is 9.13 Å². The Bertz CT molecular complexity index is 1780. The van der Waals surface area contributed by atoms with Crippen molar-refractivity contribution in [3.05, 3.63) is 0 Å². The van der Waals surface area contributed by atoms with Crippen molar-refractivity contribution in [3.8, 4) is 0 Å². The fourth-order valence-corrected chi connectivity index (χ4v) is 12.2. The molecular formula is C71H138O17P2. The number of ether oxygens (including phenoxy) is 4. The second-order valence-corrected chi connectivity index (χ2v) is 30.2. The van der Waals surface area contributed by atoms with Crippen LogP contribution in [0.4, 0.5) is 0 Å². The van der Waals surface area contributed by atoms with Gasteiger partial charge in [-0.1, -0.05) is 299 Å². The number of phosphoric acid groups is 2. The van der Waals surface area contributed by atoms with Gasteiger partial charge in [0.25, 0.3) is 0 Å². The Morgan fingerprint density at radius 2 is 0.533 bits per heavy atom. The van der Waals surface area contributed by atoms with E-state index < -0.39 is 97.5 Å². The Morgan fingerprint density at radius 1 is 0.311 bits per heavy atom. The number of rotatable bonds is 68. The van der Waals surface area contributed by atoms with Crippen molar-refractivity contribution in [1.29, 1.82) is 0 Å². The number of unbranched alkanes of at least 4 members (excludes halogenated alkanes) is 33. The minimum atomic E-state index is -4.95. The van der Waals surface area contributed by atoms with Crippen molar-refractivity contribution in [1.82, 2.24) is 0 Å². The predicted octanol–water partition coefficient (Wildman–Crippen LogP) is 20.1. The zero-order chi connectivity index (χ0) is 66.8. The molecule has 90 heavy (non-hydrogen) atoms. The van der Waals surface area contributed by atoms with Crippen LogP contribution in [0.15, 0.2) is 0 Å². The van der Waals surface area contributed by atoms with E-state index in [2.05, 4.69) is 55.4 Å². The maximum absolute atomic E-state index is 13.0. The van der Waals surface area contributed by atoms with Crippen LogP contribution in [-0.4, -0.2) is 96.7 Å². The number of aliphatic hydroxyl groups is 1. The number of aliphatic hydroxyl groups excluding tert-OH is 1. The van der Waals surface area contributed by atoms with Crippen molar-refractivity contribution in [2.24, 2.45) is 23.7 Å². The van der Waals surface area contributed by atoms with Crippen LogP contribution in [-0.2, 0) is 65.4 Å². The number of phosphoric ester groups is 2. The highest BCUT2D eigenvalue weighted by Gasteiger charge is 2.30. The number of esters is 4. The standard InChI is InChI=1S/C71H138O17P2/c1-9-64(8)50-42-34-24-20-17-18-22-26-37-45-53-70(75)87-66(58-82-69(74)52-44-36-29-27-32-40-48-62(4)5)59-85-89(77,78)83-55-65(72)56-84-90(79,80)86-60-67(88-71(76)54-46-38-30-28-33-41-49-63(6)7)57-81-68(73)51-43-35-25-21-16-14-12-10-11-13-15-19-23-31-39-47-61(2)3/h61-67,72H,9-60H2,1-8H3,(H,77,78)(H,79,80)/t64?,65-,66+,67+/m0/s1. The van der Waals surface area contributed by atoms with Gasteiger partial charge < -0.3 is 33.8 Å². The highest BCUT2D eigenvalue weighted by atomic mass is 31.2. The zero-order valence-electron chi connectivity index (χ0n) is 58.8. The SMILES string of the molecule is CCC(C)CCCCCCCCCCCCC(=O)O[C@H](COC(=O)CCCCCCCCC(C)C)COP(=O)(O)OC[C@H](O)COP(=O)(O)OC[C@@H](COC(=O)CCCCCCCCCCCCCCCCCC(C)C)OC(=O)CCCCCCCCC(C)C. The van der Waals surface area contributed by atoms with E-state index >= 15 is 0 Å². The molecule has 0 aliphatic heterocycles. The molecule has 0 fully saturated rings. The van der Waals surface area contributed by atoms with Gasteiger partial charge in [-0.3, -0.25) is 37.3 Å². The van der Waals surface area contributed by atoms with Gasteiger partial charge in [-0.2, -0.15) is 0 Å². The molecule has 0 bridgehead atoms. The van der Waals surface area contributed by atoms with E-state index in [1.807, 2.05) is 0 Å². The van der Waals surface area contributed by atoms with Crippen LogP contribution in [0, 0.1) is 23.7 Å². The van der Waals surface area contributed by atoms with Crippen LogP contribution in [0.1, 0.15) is 351 Å². The summed E-state index contributed by atoms with van der Waals surface area (Å²) in [7, 11) is -9.90. The summed E-state index contributed by atoms with van der Waals surface area (Å²) in [5, 5.41) is 10.6. The van der Waals surface area contributed by atoms with E-state index in [9.17, 15) is 43.2 Å². The number of carbonyl (C=O) groups is 4. The van der Waals surface area contributed by atoms with Crippen LogP contribution in [0.5, 0.6) is 0 Å². The third-order valence-corrected chi connectivity index (χ3v) is 18.6. The minimum Gasteiger partial charge on any atom is -0.462 e. The molecule has 0 aromatic heterocycles. The Balaban J connectivity index is 5.17. The van der Waals surface area contributed by atoms with Crippen molar-refractivity contribution in [2.75, 3.05) is 39.6 Å². The predicted molar refractivity (Wildman–Crippen MR) is 363 cm³/mol. The lowest BCUT2D eigenvalue weighted by atomic mass is 9.99. The van der Waals surface area contributed by atoms with Gasteiger partial charge in [-0.15, -0.1) is 0 Å². The largest absolute Gasteiger partial charge is 0.472 e. The summed E-state index contributed by atoms with van der Waals surface area (Å²) >= 11 is 0. The van der Waals surface area contributed by atoms with Gasteiger partial charge in [0, 0.05) is 25.7 Å². The summed E-state index contributed by atoms with van der Waals surface area (Å²) in [6.07, 6.45) is 43.4. The van der Waals surface area contributed by atoms with Crippen LogP contribution in [0.25, 0.3) is 0 Å². The maximum atomic E-state index is 13.0. The van der Waals surface area contributed by atoms with Gasteiger partial charge >= 0.3 is 39.5 Å². The monoisotopic (exact) mass is 1320 g/mol. The van der Waals surface area contributed by atoms with E-state index in [0.717, 1.165) is 108 Å². The Labute approximate surface area is 549 Å². The molecule has 534 valence electrons. The van der Waals surface area contributed by atoms with Crippen molar-refractivity contribution < 1.29 is 80.2 Å². The molecule has 6 atom stereocenters. The topological polar surface area (TPSA) is 237 Å². The van der Waals surface area contributed by atoms with E-state index in [-0.39, 0.29) is 25.7 Å². The molecule has 0 saturated heterocycles. The second-order valence-electron chi connectivity index (χ2n) is 27.3. The molecule has 3 N–H and O–H groups in total. The molecular weight excluding hydrogens is 1190 g/mol. The molecule has 0 rings (SSSR count). The maximum Gasteiger partial charge on any atom is 0.472 e. The lowest BCUT2D eigenvalue weighted by Crippen LogP contribution is -2.30. The van der Waals surface area contributed by atoms with Crippen LogP contribution < -0.4 is 0 Å². The first-order valence-electron chi connectivity index (χ1n) is 36.7. The van der Waals surface area contributed by atoms with E-state index in [1.54, 1.807) is 0 Å². The lowest BCUT2D eigenvalue weighted by Gasteiger charge is -2.21. The number of carbonyl (C=O) groups excluding carboxylic acids is 4. The summed E-state index contributed by atoms with van der Waals surface area (Å²) in [5.74, 6) is 0.824. The van der Waals surface area contributed by atoms with E-state index in [1.165, 1.54) is 148 Å². The minimum absolute atomic E-state index is 0.102. The molecule has 0 heterocycles. The molecule has 0 saturated carbocycles. The van der Waals surface area contributed by atoms with Crippen LogP contribution in [0.3, 0.4) is 0 Å². The number of hydrogen-bond acceptors (Lipinski definition) is 15. The molecule has 17 nitrogen and oxygen atoms in total. The Hall–Kier alpha value is -1.94. The zero-order valence-corrected chi connectivity index (χ0v) is 60.6. The summed E-state index contributed by atoms with van der Waals surface area (Å²) in [4.78, 5) is 72.5. The van der Waals surface area contributed by atoms with E-state index in [4.69, 9.17) is 37.0 Å². The molecule has 0 spiro atoms. The smallest absolute Gasteiger partial charge is 0.462 e. The van der Waals surface area contributed by atoms with Gasteiger partial charge in [0.2, 0.25) is 0 Å². The molecule has 3 unspecified atom stereocenters. The second kappa shape index (κ2) is 60.7. The third kappa shape index (κ3) is 63.5. The van der Waals surface area contributed by atoms with Gasteiger partial charge in [0.05, 0.1) is 26.4 Å². The summed E-state index contributed by atoms with van der Waals surface area (Å²) in [6, 6.07) is 0. The van der Waals surface area contributed by atoms with Gasteiger partial charge in [0.1, 0.15) is 19.3 Å². The van der Waals surface area contributed by atoms with Crippen molar-refractivity contribution >= 4 is 39.5 Å². The van der Waals surface area contributed by atoms with Crippen LogP contribution in [0.2, 0.25) is 0 Å². The molecule has 0 aromatic rings. The Kier molecular flexibility index (Phi) is 59.4. The average Bonchev–Trinajstić information content (AvgIpc) is 3.54. The first-order valence-corrected chi connectivity index (χ1v) is 39.7. The fraction of sp³-hybridized carbons (Fsp3) is 0.944. The highest BCUT2D eigenvalue weighted by molar-refractivity contribution is 7.47.